The van der Waals surface area contributed by atoms with Crippen molar-refractivity contribution in [2.75, 3.05) is 5.32 Å². The van der Waals surface area contributed by atoms with Gasteiger partial charge >= 0.3 is 0 Å². The van der Waals surface area contributed by atoms with Gasteiger partial charge < -0.3 is 9.73 Å². The van der Waals surface area contributed by atoms with Gasteiger partial charge in [-0.25, -0.2) is 0 Å². The van der Waals surface area contributed by atoms with Gasteiger partial charge in [-0.3, -0.25) is 9.59 Å². The van der Waals surface area contributed by atoms with Crippen molar-refractivity contribution in [1.29, 1.82) is 0 Å². The number of aryl methyl sites for hydroxylation is 1. The first-order chi connectivity index (χ1) is 14.1. The zero-order valence-electron chi connectivity index (χ0n) is 17.3. The first-order valence-corrected chi connectivity index (χ1v) is 10.1. The molecule has 4 nitrogen and oxygen atoms in total. The molecule has 152 valence electrons. The van der Waals surface area contributed by atoms with E-state index >= 15 is 0 Å². The first-order valence-electron chi connectivity index (χ1n) is 9.72. The largest absolute Gasteiger partial charge is 0.456 e. The van der Waals surface area contributed by atoms with Crippen molar-refractivity contribution in [2.24, 2.45) is 0 Å². The quantitative estimate of drug-likeness (QED) is 0.379. The summed E-state index contributed by atoms with van der Waals surface area (Å²) in [5.41, 5.74) is 3.86. The van der Waals surface area contributed by atoms with Crippen molar-refractivity contribution >= 4 is 45.1 Å². The van der Waals surface area contributed by atoms with E-state index in [2.05, 4.69) is 26.1 Å². The predicted molar refractivity (Wildman–Crippen MR) is 123 cm³/mol. The van der Waals surface area contributed by atoms with Crippen LogP contribution in [0.25, 0.3) is 21.9 Å². The number of nitrogens with one attached hydrogen (secondary N) is 1. The van der Waals surface area contributed by atoms with E-state index in [1.54, 1.807) is 30.3 Å². The van der Waals surface area contributed by atoms with E-state index < -0.39 is 0 Å². The molecule has 1 heterocycles. The highest BCUT2D eigenvalue weighted by Crippen LogP contribution is 2.27. The Morgan fingerprint density at radius 2 is 1.60 bits per heavy atom. The van der Waals surface area contributed by atoms with Gasteiger partial charge in [0.1, 0.15) is 11.2 Å². The molecule has 0 bridgehead atoms. The van der Waals surface area contributed by atoms with Crippen molar-refractivity contribution in [3.05, 3.63) is 86.5 Å². The highest BCUT2D eigenvalue weighted by atomic mass is 35.5. The second-order valence-electron chi connectivity index (χ2n) is 8.52. The molecule has 5 heteroatoms. The summed E-state index contributed by atoms with van der Waals surface area (Å²) in [5, 5.41) is 4.28. The molecule has 1 aromatic heterocycles. The lowest BCUT2D eigenvalue weighted by atomic mass is 9.87. The number of amides is 1. The van der Waals surface area contributed by atoms with Crippen LogP contribution in [-0.4, -0.2) is 5.91 Å². The van der Waals surface area contributed by atoms with Gasteiger partial charge in [0.2, 0.25) is 5.43 Å². The van der Waals surface area contributed by atoms with Gasteiger partial charge in [0.15, 0.2) is 0 Å². The molecule has 0 unspecified atom stereocenters. The first kappa shape index (κ1) is 20.2. The molecule has 0 saturated carbocycles. The normalized spacial score (nSPS) is 11.8. The Bertz CT molecular complexity index is 1350. The topological polar surface area (TPSA) is 59.3 Å². The lowest BCUT2D eigenvalue weighted by molar-refractivity contribution is 0.102. The van der Waals surface area contributed by atoms with Crippen LogP contribution in [0.4, 0.5) is 5.69 Å². The summed E-state index contributed by atoms with van der Waals surface area (Å²) in [6, 6.07) is 16.0. The van der Waals surface area contributed by atoms with Gasteiger partial charge in [-0.2, -0.15) is 0 Å². The van der Waals surface area contributed by atoms with Crippen LogP contribution < -0.4 is 10.7 Å². The van der Waals surface area contributed by atoms with Gasteiger partial charge in [0.05, 0.1) is 10.8 Å². The second kappa shape index (κ2) is 7.29. The summed E-state index contributed by atoms with van der Waals surface area (Å²) >= 11 is 6.16. The van der Waals surface area contributed by atoms with Crippen molar-refractivity contribution in [2.45, 2.75) is 33.1 Å². The molecule has 4 aromatic rings. The molecule has 3 aromatic carbocycles. The van der Waals surface area contributed by atoms with E-state index in [0.29, 0.717) is 38.2 Å². The number of fused-ring (bicyclic) bond motifs is 2. The molecular formula is C25H22ClNO3. The van der Waals surface area contributed by atoms with Crippen LogP contribution in [0.2, 0.25) is 5.02 Å². The van der Waals surface area contributed by atoms with Gasteiger partial charge in [0, 0.05) is 22.3 Å². The molecule has 0 aliphatic carbocycles. The number of hydrogen-bond acceptors (Lipinski definition) is 3. The fraction of sp³-hybridized carbons (Fsp3) is 0.200. The highest BCUT2D eigenvalue weighted by Gasteiger charge is 2.15. The summed E-state index contributed by atoms with van der Waals surface area (Å²) in [6.45, 7) is 8.24. The van der Waals surface area contributed by atoms with Crippen LogP contribution in [0.5, 0.6) is 0 Å². The summed E-state index contributed by atoms with van der Waals surface area (Å²) in [4.78, 5) is 25.5. The standard InChI is InChI=1S/C25H22ClNO3/c1-14-11-21-19(13-20(14)26)23(28)18-10-9-17(12-22(18)30-21)27-24(29)15-5-7-16(8-6-15)25(2,3)4/h5-13H,1-4H3,(H,27,29). The maximum Gasteiger partial charge on any atom is 0.255 e. The molecule has 0 spiro atoms. The minimum atomic E-state index is -0.222. The third kappa shape index (κ3) is 3.71. The Morgan fingerprint density at radius 3 is 2.27 bits per heavy atom. The Labute approximate surface area is 179 Å². The maximum atomic E-state index is 12.8. The fourth-order valence-electron chi connectivity index (χ4n) is 3.38. The average Bonchev–Trinajstić information content (AvgIpc) is 2.69. The molecule has 0 aliphatic rings. The number of carbonyl (C=O) groups is 1. The summed E-state index contributed by atoms with van der Waals surface area (Å²) in [7, 11) is 0. The molecule has 30 heavy (non-hydrogen) atoms. The van der Waals surface area contributed by atoms with Gasteiger partial charge in [-0.15, -0.1) is 0 Å². The Balaban J connectivity index is 1.68. The third-order valence-corrected chi connectivity index (χ3v) is 5.63. The van der Waals surface area contributed by atoms with Crippen LogP contribution in [0.15, 0.2) is 63.8 Å². The number of benzene rings is 3. The Kier molecular flexibility index (Phi) is 4.91. The van der Waals surface area contributed by atoms with Crippen molar-refractivity contribution in [3.8, 4) is 0 Å². The molecule has 0 radical (unpaired) electrons. The number of halogens is 1. The van der Waals surface area contributed by atoms with E-state index in [1.807, 2.05) is 31.2 Å². The van der Waals surface area contributed by atoms with Gasteiger partial charge in [0.25, 0.3) is 5.91 Å². The maximum absolute atomic E-state index is 12.8. The monoisotopic (exact) mass is 419 g/mol. The third-order valence-electron chi connectivity index (χ3n) is 5.22. The molecule has 1 N–H and O–H groups in total. The summed E-state index contributed by atoms with van der Waals surface area (Å²) in [6.07, 6.45) is 0. The summed E-state index contributed by atoms with van der Waals surface area (Å²) < 4.78 is 5.93. The minimum Gasteiger partial charge on any atom is -0.456 e. The SMILES string of the molecule is Cc1cc2oc3cc(NC(=O)c4ccc(C(C)(C)C)cc4)ccc3c(=O)c2cc1Cl. The molecule has 0 atom stereocenters. The van der Waals surface area contributed by atoms with Crippen LogP contribution in [0, 0.1) is 6.92 Å². The molecule has 0 aliphatic heterocycles. The Hall–Kier alpha value is -3.11. The zero-order chi connectivity index (χ0) is 21.6. The van der Waals surface area contributed by atoms with Crippen molar-refractivity contribution < 1.29 is 9.21 Å². The van der Waals surface area contributed by atoms with E-state index in [4.69, 9.17) is 16.0 Å². The number of anilines is 1. The lowest BCUT2D eigenvalue weighted by Crippen LogP contribution is -2.14. The zero-order valence-corrected chi connectivity index (χ0v) is 18.1. The number of hydrogen-bond donors (Lipinski definition) is 1. The van der Waals surface area contributed by atoms with Crippen molar-refractivity contribution in [1.82, 2.24) is 0 Å². The lowest BCUT2D eigenvalue weighted by Gasteiger charge is -2.19. The molecule has 0 fully saturated rings. The Morgan fingerprint density at radius 1 is 0.933 bits per heavy atom. The van der Waals surface area contributed by atoms with E-state index in [-0.39, 0.29) is 16.8 Å². The molecular weight excluding hydrogens is 398 g/mol. The molecule has 1 amide bonds. The van der Waals surface area contributed by atoms with Crippen LogP contribution in [0.3, 0.4) is 0 Å². The second-order valence-corrected chi connectivity index (χ2v) is 8.93. The van der Waals surface area contributed by atoms with Gasteiger partial charge in [-0.05, 0) is 59.9 Å². The predicted octanol–water partition coefficient (Wildman–Crippen LogP) is 6.46. The van der Waals surface area contributed by atoms with Crippen LogP contribution >= 0.6 is 11.6 Å². The van der Waals surface area contributed by atoms with Crippen LogP contribution in [0.1, 0.15) is 42.3 Å². The number of rotatable bonds is 2. The smallest absolute Gasteiger partial charge is 0.255 e. The van der Waals surface area contributed by atoms with E-state index in [1.165, 1.54) is 0 Å². The molecule has 0 saturated heterocycles. The number of carbonyl (C=O) groups excluding carboxylic acids is 1. The fourth-order valence-corrected chi connectivity index (χ4v) is 3.54. The van der Waals surface area contributed by atoms with E-state index in [0.717, 1.165) is 11.1 Å². The van der Waals surface area contributed by atoms with Crippen molar-refractivity contribution in [3.63, 3.8) is 0 Å². The highest BCUT2D eigenvalue weighted by molar-refractivity contribution is 6.32. The molecule has 4 rings (SSSR count). The van der Waals surface area contributed by atoms with E-state index in [9.17, 15) is 9.59 Å². The average molecular weight is 420 g/mol. The minimum absolute atomic E-state index is 0.0241. The summed E-state index contributed by atoms with van der Waals surface area (Å²) in [5.74, 6) is -0.222. The van der Waals surface area contributed by atoms with Crippen LogP contribution in [-0.2, 0) is 5.41 Å². The van der Waals surface area contributed by atoms with Gasteiger partial charge in [-0.1, -0.05) is 44.5 Å².